The monoisotopic (exact) mass is 893 g/mol. The van der Waals surface area contributed by atoms with E-state index in [-0.39, 0.29) is 66.8 Å². The van der Waals surface area contributed by atoms with Crippen LogP contribution in [0.3, 0.4) is 0 Å². The molecule has 0 aliphatic carbocycles. The molecule has 1 atom stereocenters. The molecule has 2 aromatic carbocycles. The van der Waals surface area contributed by atoms with Crippen molar-refractivity contribution in [2.24, 2.45) is 5.92 Å². The van der Waals surface area contributed by atoms with Gasteiger partial charge in [0.05, 0.1) is 48.3 Å². The molecule has 7 amide bonds. The number of ether oxygens (including phenoxy) is 1. The summed E-state index contributed by atoms with van der Waals surface area (Å²) >= 11 is 1.21. The normalized spacial score (nSPS) is 16.3. The Morgan fingerprint density at radius 1 is 0.984 bits per heavy atom. The summed E-state index contributed by atoms with van der Waals surface area (Å²) in [4.78, 5) is 102. The maximum Gasteiger partial charge on any atom is 0.266 e. The van der Waals surface area contributed by atoms with Gasteiger partial charge in [-0.25, -0.2) is 18.4 Å². The smallest absolute Gasteiger partial charge is 0.266 e. The van der Waals surface area contributed by atoms with E-state index in [0.29, 0.717) is 29.7 Å². The van der Waals surface area contributed by atoms with Crippen molar-refractivity contribution in [1.82, 2.24) is 34.4 Å². The summed E-state index contributed by atoms with van der Waals surface area (Å²) in [6.45, 7) is 0.771. The van der Waals surface area contributed by atoms with E-state index < -0.39 is 51.5 Å². The fraction of sp³-hybridized carbons (Fsp3) is 0.262. The number of anilines is 2. The topological polar surface area (TPSA) is 239 Å². The quantitative estimate of drug-likeness (QED) is 0.136. The average Bonchev–Trinajstić information content (AvgIpc) is 3.99. The SMILES string of the molecule is CN(CC(=O)N1CC(COc2cccc3c2C(=O)N(C2CCC(=O)NC2=O)C3=O)C1)c1cc(-c2cccc(-c3csc(NC(=O)CNC(=O)c4ccn(S(C)(=O)=O)c4)n3)c2)ccn1. The third-order valence-corrected chi connectivity index (χ3v) is 12.4. The lowest BCUT2D eigenvalue weighted by Gasteiger charge is -2.39. The Bertz CT molecular complexity index is 2820. The van der Waals surface area contributed by atoms with Gasteiger partial charge in [0.25, 0.3) is 17.7 Å². The van der Waals surface area contributed by atoms with Gasteiger partial charge in [-0.3, -0.25) is 47.8 Å². The minimum atomic E-state index is -3.55. The van der Waals surface area contributed by atoms with E-state index >= 15 is 0 Å². The van der Waals surface area contributed by atoms with E-state index in [4.69, 9.17) is 4.74 Å². The fourth-order valence-electron chi connectivity index (χ4n) is 7.35. The van der Waals surface area contributed by atoms with E-state index in [2.05, 4.69) is 25.9 Å². The maximum absolute atomic E-state index is 13.4. The molecule has 2 saturated heterocycles. The Labute approximate surface area is 364 Å². The highest BCUT2D eigenvalue weighted by Gasteiger charge is 2.46. The first kappa shape index (κ1) is 42.4. The Kier molecular flexibility index (Phi) is 11.6. The molecule has 0 spiro atoms. The molecule has 0 bridgehead atoms. The molecule has 8 rings (SSSR count). The number of rotatable bonds is 14. The van der Waals surface area contributed by atoms with Gasteiger partial charge in [-0.15, -0.1) is 11.3 Å². The second-order valence-electron chi connectivity index (χ2n) is 15.2. The number of thiazole rings is 1. The number of nitrogens with zero attached hydrogens (tertiary/aromatic N) is 6. The summed E-state index contributed by atoms with van der Waals surface area (Å²) < 4.78 is 30.3. The molecule has 19 nitrogen and oxygen atoms in total. The van der Waals surface area contributed by atoms with Crippen LogP contribution in [0, 0.1) is 5.92 Å². The van der Waals surface area contributed by atoms with Gasteiger partial charge in [0.2, 0.25) is 33.7 Å². The zero-order valence-corrected chi connectivity index (χ0v) is 35.4. The molecule has 3 aliphatic heterocycles. The van der Waals surface area contributed by atoms with Gasteiger partial charge >= 0.3 is 0 Å². The molecule has 5 aromatic rings. The van der Waals surface area contributed by atoms with Crippen molar-refractivity contribution >= 4 is 73.7 Å². The van der Waals surface area contributed by atoms with Gasteiger partial charge < -0.3 is 25.2 Å². The van der Waals surface area contributed by atoms with Gasteiger partial charge in [0.15, 0.2) is 5.13 Å². The van der Waals surface area contributed by atoms with E-state index in [0.717, 1.165) is 31.8 Å². The van der Waals surface area contributed by atoms with Crippen LogP contribution < -0.4 is 25.6 Å². The lowest BCUT2D eigenvalue weighted by atomic mass is 10.0. The lowest BCUT2D eigenvalue weighted by molar-refractivity contribution is -0.137. The van der Waals surface area contributed by atoms with Crippen LogP contribution in [0.15, 0.2) is 84.6 Å². The number of carbonyl (C=O) groups is 7. The lowest BCUT2D eigenvalue weighted by Crippen LogP contribution is -2.54. The number of likely N-dealkylation sites (tertiary alicyclic amines) is 1. The van der Waals surface area contributed by atoms with Crippen LogP contribution in [0.25, 0.3) is 22.4 Å². The van der Waals surface area contributed by atoms with Crippen LogP contribution in [0.4, 0.5) is 10.9 Å². The number of hydrogen-bond donors (Lipinski definition) is 3. The first-order chi connectivity index (χ1) is 30.1. The van der Waals surface area contributed by atoms with Crippen LogP contribution >= 0.6 is 11.3 Å². The Morgan fingerprint density at radius 3 is 2.51 bits per heavy atom. The summed E-state index contributed by atoms with van der Waals surface area (Å²) in [7, 11) is -1.77. The highest BCUT2D eigenvalue weighted by atomic mass is 32.2. The number of hydrogen-bond acceptors (Lipinski definition) is 14. The highest BCUT2D eigenvalue weighted by molar-refractivity contribution is 7.89. The number of benzene rings is 2. The van der Waals surface area contributed by atoms with Crippen molar-refractivity contribution in [3.8, 4) is 28.1 Å². The van der Waals surface area contributed by atoms with Crippen LogP contribution in [-0.2, 0) is 29.2 Å². The van der Waals surface area contributed by atoms with Gasteiger partial charge in [-0.05, 0) is 53.9 Å². The van der Waals surface area contributed by atoms with Crippen molar-refractivity contribution in [2.45, 2.75) is 18.9 Å². The number of imide groups is 2. The zero-order valence-electron chi connectivity index (χ0n) is 33.8. The van der Waals surface area contributed by atoms with Crippen LogP contribution in [0.2, 0.25) is 0 Å². The molecule has 1 unspecified atom stereocenters. The van der Waals surface area contributed by atoms with Crippen LogP contribution in [0.5, 0.6) is 5.75 Å². The Balaban J connectivity index is 0.816. The van der Waals surface area contributed by atoms with Crippen molar-refractivity contribution in [3.63, 3.8) is 0 Å². The van der Waals surface area contributed by atoms with Gasteiger partial charge in [-0.1, -0.05) is 24.3 Å². The molecular formula is C42H39N9O10S2. The summed E-state index contributed by atoms with van der Waals surface area (Å²) in [5.41, 5.74) is 3.42. The number of amides is 7. The minimum Gasteiger partial charge on any atom is -0.492 e. The summed E-state index contributed by atoms with van der Waals surface area (Å²) in [6.07, 6.45) is 5.15. The molecule has 3 aromatic heterocycles. The van der Waals surface area contributed by atoms with E-state index in [1.807, 2.05) is 36.4 Å². The largest absolute Gasteiger partial charge is 0.492 e. The Morgan fingerprint density at radius 2 is 1.75 bits per heavy atom. The molecule has 3 N–H and O–H groups in total. The van der Waals surface area contributed by atoms with Crippen molar-refractivity contribution < 1.29 is 46.7 Å². The summed E-state index contributed by atoms with van der Waals surface area (Å²) in [5.74, 6) is -2.86. The predicted molar refractivity (Wildman–Crippen MR) is 228 cm³/mol. The van der Waals surface area contributed by atoms with Gasteiger partial charge in [-0.2, -0.15) is 0 Å². The predicted octanol–water partition coefficient (Wildman–Crippen LogP) is 2.22. The van der Waals surface area contributed by atoms with Crippen molar-refractivity contribution in [1.29, 1.82) is 0 Å². The molecule has 2 fully saturated rings. The Hall–Kier alpha value is -7.26. The van der Waals surface area contributed by atoms with Crippen LogP contribution in [-0.4, -0.2) is 126 Å². The molecule has 21 heteroatoms. The molecule has 6 heterocycles. The molecule has 0 radical (unpaired) electrons. The third kappa shape index (κ3) is 9.05. The number of aromatic nitrogens is 3. The number of pyridine rings is 1. The average molecular weight is 894 g/mol. The first-order valence-electron chi connectivity index (χ1n) is 19.6. The van der Waals surface area contributed by atoms with E-state index in [1.165, 1.54) is 35.9 Å². The number of carbonyl (C=O) groups excluding carboxylic acids is 7. The molecule has 3 aliphatic rings. The first-order valence-corrected chi connectivity index (χ1v) is 22.3. The van der Waals surface area contributed by atoms with Gasteiger partial charge in [0.1, 0.15) is 17.6 Å². The highest BCUT2D eigenvalue weighted by Crippen LogP contribution is 2.35. The van der Waals surface area contributed by atoms with Gasteiger partial charge in [0, 0.05) is 62.0 Å². The molecule has 324 valence electrons. The van der Waals surface area contributed by atoms with Crippen LogP contribution in [0.1, 0.15) is 43.9 Å². The van der Waals surface area contributed by atoms with Crippen molar-refractivity contribution in [2.75, 3.05) is 56.3 Å². The van der Waals surface area contributed by atoms with E-state index in [1.54, 1.807) is 40.6 Å². The number of nitrogens with one attached hydrogen (secondary N) is 3. The second-order valence-corrected chi connectivity index (χ2v) is 17.9. The zero-order chi connectivity index (χ0) is 44.6. The number of piperidine rings is 1. The number of likely N-dealkylation sites (N-methyl/N-ethyl adjacent to an activating group) is 1. The summed E-state index contributed by atoms with van der Waals surface area (Å²) in [5, 5.41) is 9.43. The maximum atomic E-state index is 13.4. The third-order valence-electron chi connectivity index (χ3n) is 10.7. The number of fused-ring (bicyclic) bond motifs is 1. The van der Waals surface area contributed by atoms with Crippen molar-refractivity contribution in [3.05, 3.63) is 101 Å². The second kappa shape index (κ2) is 17.2. The standard InChI is InChI=1S/C42H39N9O10S2/c1-48(21-36(54)49-18-24(19-49)22-61-32-8-4-7-29-37(32)41(58)51(40(29)57)31-9-10-34(52)46-39(31)56)33-16-26(11-13-43-33)25-5-3-6-27(15-25)30-23-62-42(45-30)47-35(53)17-44-38(55)28-12-14-50(20-28)63(2,59)60/h3-8,11-16,20,23-24,31H,9-10,17-19,21-22H2,1-2H3,(H,44,55)(H,45,47,53)(H,46,52,56). The summed E-state index contributed by atoms with van der Waals surface area (Å²) in [6, 6.07) is 16.3. The molecule has 63 heavy (non-hydrogen) atoms. The molecule has 0 saturated carbocycles. The molecular weight excluding hydrogens is 855 g/mol. The fourth-order valence-corrected chi connectivity index (χ4v) is 8.67. The minimum absolute atomic E-state index is 0.0174. The van der Waals surface area contributed by atoms with E-state index in [9.17, 15) is 42.0 Å².